The van der Waals surface area contributed by atoms with Crippen LogP contribution < -0.4 is 14.2 Å². The molecule has 28 heavy (non-hydrogen) atoms. The number of methoxy groups -OCH3 is 3. The molecule has 0 heterocycles. The molecule has 0 aliphatic heterocycles. The number of ketones is 1. The molecule has 0 aliphatic rings. The van der Waals surface area contributed by atoms with Crippen molar-refractivity contribution in [2.75, 3.05) is 27.5 Å². The minimum Gasteiger partial charge on any atom is -0.496 e. The Labute approximate surface area is 165 Å². The van der Waals surface area contributed by atoms with Crippen LogP contribution in [-0.4, -0.2) is 38.8 Å². The topological polar surface area (TPSA) is 78.9 Å². The molecule has 0 saturated heterocycles. The van der Waals surface area contributed by atoms with E-state index in [0.29, 0.717) is 22.8 Å². The molecular weight excluding hydrogens is 379 g/mol. The average Bonchev–Trinajstić information content (AvgIpc) is 2.70. The summed E-state index contributed by atoms with van der Waals surface area (Å²) < 4.78 is 28.3. The van der Waals surface area contributed by atoms with Crippen molar-refractivity contribution in [1.82, 2.24) is 0 Å². The van der Waals surface area contributed by atoms with Crippen molar-refractivity contribution < 1.29 is 28.4 Å². The van der Waals surface area contributed by atoms with Gasteiger partial charge in [-0.2, -0.15) is 0 Å². The first-order valence-electron chi connectivity index (χ1n) is 8.72. The van der Waals surface area contributed by atoms with Gasteiger partial charge in [-0.3, -0.25) is 4.79 Å². The normalized spacial score (nSPS) is 11.0. The Hall–Kier alpha value is -2.72. The van der Waals surface area contributed by atoms with Crippen molar-refractivity contribution in [2.45, 2.75) is 20.3 Å². The summed E-state index contributed by atoms with van der Waals surface area (Å²) >= 11 is 0. The van der Waals surface area contributed by atoms with Gasteiger partial charge in [-0.25, -0.2) is 4.79 Å². The minimum absolute atomic E-state index is 0.0425. The van der Waals surface area contributed by atoms with Gasteiger partial charge in [-0.1, -0.05) is 22.8 Å². The van der Waals surface area contributed by atoms with Crippen molar-refractivity contribution in [3.8, 4) is 17.2 Å². The number of rotatable bonds is 9. The maximum absolute atomic E-state index is 12.8. The van der Waals surface area contributed by atoms with Gasteiger partial charge in [-0.15, -0.1) is 0 Å². The van der Waals surface area contributed by atoms with Crippen LogP contribution in [0, 0.1) is 13.8 Å². The molecule has 148 valence electrons. The lowest BCUT2D eigenvalue weighted by Gasteiger charge is -2.13. The zero-order chi connectivity index (χ0) is 20.8. The molecule has 0 fully saturated rings. The lowest BCUT2D eigenvalue weighted by Crippen LogP contribution is -2.08. The molecule has 6 nitrogen and oxygen atoms in total. The van der Waals surface area contributed by atoms with Gasteiger partial charge in [0.25, 0.3) is 0 Å². The highest BCUT2D eigenvalue weighted by atomic mass is 31.1. The summed E-state index contributed by atoms with van der Waals surface area (Å²) in [6.45, 7) is 3.61. The number of carbonyl (C=O) groups excluding carboxylic acids is 2. The number of hydrogen-bond acceptors (Lipinski definition) is 6. The summed E-state index contributed by atoms with van der Waals surface area (Å²) in [4.78, 5) is 25.4. The number of benzene rings is 2. The first-order chi connectivity index (χ1) is 13.3. The maximum atomic E-state index is 12.8. The third-order valence-electron chi connectivity index (χ3n) is 4.46. The van der Waals surface area contributed by atoms with Gasteiger partial charge in [0.1, 0.15) is 22.8 Å². The highest BCUT2D eigenvalue weighted by molar-refractivity contribution is 7.64. The maximum Gasteiger partial charge on any atom is 0.420 e. The SMILES string of the molecule is COc1cc(OC)c(C(=O)CC[P+](=O)C(=O)c2c(C)cccc2C)c(OC)c1. The summed E-state index contributed by atoms with van der Waals surface area (Å²) in [5, 5.41) is 0. The molecule has 0 N–H and O–H groups in total. The van der Waals surface area contributed by atoms with Crippen LogP contribution >= 0.6 is 7.80 Å². The van der Waals surface area contributed by atoms with E-state index in [1.54, 1.807) is 12.1 Å². The minimum atomic E-state index is -2.23. The van der Waals surface area contributed by atoms with Crippen molar-refractivity contribution >= 4 is 19.1 Å². The van der Waals surface area contributed by atoms with Gasteiger partial charge in [0, 0.05) is 12.1 Å². The third kappa shape index (κ3) is 4.57. The Morgan fingerprint density at radius 2 is 1.43 bits per heavy atom. The molecule has 2 aromatic rings. The predicted molar refractivity (Wildman–Crippen MR) is 108 cm³/mol. The standard InChI is InChI=1S/C21H24O6P/c1-13-7-6-8-14(2)19(13)21(23)28(24)10-9-16(22)20-17(26-4)11-15(25-3)12-18(20)27-5/h6-8,11-12H,9-10H2,1-5H3/q+1. The van der Waals surface area contributed by atoms with E-state index in [0.717, 1.165) is 11.1 Å². The lowest BCUT2D eigenvalue weighted by molar-refractivity contribution is 0.0983. The van der Waals surface area contributed by atoms with Crippen molar-refractivity contribution in [2.24, 2.45) is 0 Å². The fourth-order valence-electron chi connectivity index (χ4n) is 2.99. The van der Waals surface area contributed by atoms with Gasteiger partial charge in [0.2, 0.25) is 0 Å². The molecule has 1 unspecified atom stereocenters. The number of carbonyl (C=O) groups is 2. The van der Waals surface area contributed by atoms with Crippen molar-refractivity contribution in [1.29, 1.82) is 0 Å². The van der Waals surface area contributed by atoms with Gasteiger partial charge >= 0.3 is 13.3 Å². The van der Waals surface area contributed by atoms with E-state index in [1.807, 2.05) is 32.0 Å². The van der Waals surface area contributed by atoms with Gasteiger partial charge in [0.15, 0.2) is 11.9 Å². The predicted octanol–water partition coefficient (Wildman–Crippen LogP) is 4.57. The van der Waals surface area contributed by atoms with E-state index >= 15 is 0 Å². The molecule has 2 rings (SSSR count). The quantitative estimate of drug-likeness (QED) is 0.451. The molecule has 0 radical (unpaired) electrons. The molecular formula is C21H24O6P+. The van der Waals surface area contributed by atoms with Crippen LogP contribution in [-0.2, 0) is 4.57 Å². The van der Waals surface area contributed by atoms with Crippen molar-refractivity contribution in [3.05, 3.63) is 52.6 Å². The van der Waals surface area contributed by atoms with Crippen LogP contribution in [0.2, 0.25) is 0 Å². The van der Waals surface area contributed by atoms with Gasteiger partial charge in [0.05, 0.1) is 33.3 Å². The molecule has 0 saturated carbocycles. The first-order valence-corrected chi connectivity index (χ1v) is 10.2. The smallest absolute Gasteiger partial charge is 0.420 e. The summed E-state index contributed by atoms with van der Waals surface area (Å²) in [7, 11) is 2.15. The molecule has 2 aromatic carbocycles. The van der Waals surface area contributed by atoms with E-state index < -0.39 is 13.3 Å². The Kier molecular flexibility index (Phi) is 7.30. The molecule has 0 aliphatic carbocycles. The number of Topliss-reactive ketones (excluding diaryl/α,β-unsaturated/α-hetero) is 1. The number of aryl methyl sites for hydroxylation is 2. The molecule has 1 atom stereocenters. The Morgan fingerprint density at radius 3 is 1.89 bits per heavy atom. The van der Waals surface area contributed by atoms with Crippen molar-refractivity contribution in [3.63, 3.8) is 0 Å². The highest BCUT2D eigenvalue weighted by Gasteiger charge is 2.33. The van der Waals surface area contributed by atoms with E-state index in [9.17, 15) is 14.2 Å². The Morgan fingerprint density at radius 1 is 0.893 bits per heavy atom. The molecule has 0 bridgehead atoms. The van der Waals surface area contributed by atoms with Crippen LogP contribution in [0.3, 0.4) is 0 Å². The second-order valence-corrected chi connectivity index (χ2v) is 7.86. The fraction of sp³-hybridized carbons (Fsp3) is 0.333. The lowest BCUT2D eigenvalue weighted by atomic mass is 10.0. The monoisotopic (exact) mass is 403 g/mol. The van der Waals surface area contributed by atoms with E-state index in [-0.39, 0.29) is 23.9 Å². The van der Waals surface area contributed by atoms with Crippen LogP contribution in [0.5, 0.6) is 17.2 Å². The third-order valence-corrected chi connectivity index (χ3v) is 5.76. The summed E-state index contributed by atoms with van der Waals surface area (Å²) in [5.41, 5.74) is 1.84. The zero-order valence-electron chi connectivity index (χ0n) is 16.7. The fourth-order valence-corrected chi connectivity index (χ4v) is 4.20. The van der Waals surface area contributed by atoms with E-state index in [2.05, 4.69) is 0 Å². The Bertz CT molecular complexity index is 874. The molecule has 7 heteroatoms. The largest absolute Gasteiger partial charge is 0.496 e. The van der Waals surface area contributed by atoms with E-state index in [1.165, 1.54) is 21.3 Å². The summed E-state index contributed by atoms with van der Waals surface area (Å²) in [5.74, 6) is 0.783. The first kappa shape index (κ1) is 21.6. The van der Waals surface area contributed by atoms with Crippen LogP contribution in [0.25, 0.3) is 0 Å². The molecule has 0 spiro atoms. The molecule has 0 amide bonds. The highest BCUT2D eigenvalue weighted by Crippen LogP contribution is 2.36. The van der Waals surface area contributed by atoms with E-state index in [4.69, 9.17) is 14.2 Å². The average molecular weight is 403 g/mol. The summed E-state index contributed by atoms with van der Waals surface area (Å²) in [6, 6.07) is 8.62. The molecule has 0 aromatic heterocycles. The van der Waals surface area contributed by atoms with Crippen LogP contribution in [0.1, 0.15) is 38.3 Å². The van der Waals surface area contributed by atoms with Gasteiger partial charge < -0.3 is 14.2 Å². The van der Waals surface area contributed by atoms with Crippen LogP contribution in [0.15, 0.2) is 30.3 Å². The number of hydrogen-bond donors (Lipinski definition) is 0. The zero-order valence-corrected chi connectivity index (χ0v) is 17.6. The van der Waals surface area contributed by atoms with Crippen LogP contribution in [0.4, 0.5) is 0 Å². The Balaban J connectivity index is 2.20. The van der Waals surface area contributed by atoms with Gasteiger partial charge in [-0.05, 0) is 25.0 Å². The second kappa shape index (κ2) is 9.47. The number of ether oxygens (including phenoxy) is 3. The summed E-state index contributed by atoms with van der Waals surface area (Å²) in [6.07, 6.45) is -0.107. The second-order valence-electron chi connectivity index (χ2n) is 6.25.